The average Bonchev–Trinajstić information content (AvgIpc) is 2.53. The largest absolute Gasteiger partial charge is 0.544 e. The van der Waals surface area contributed by atoms with Crippen LogP contribution in [0.15, 0.2) is 12.1 Å². The molecular formula is C16H14F2I3O6-. The maximum atomic E-state index is 13.6. The van der Waals surface area contributed by atoms with Crippen LogP contribution in [0.2, 0.25) is 0 Å². The zero-order valence-corrected chi connectivity index (χ0v) is 20.5. The number of esters is 2. The second kappa shape index (κ2) is 10.5. The molecule has 1 aromatic carbocycles. The van der Waals surface area contributed by atoms with Crippen molar-refractivity contribution < 1.29 is 37.7 Å². The Bertz CT molecular complexity index is 716. The van der Waals surface area contributed by atoms with E-state index in [4.69, 9.17) is 4.74 Å². The number of ether oxygens (including phenoxy) is 2. The number of rotatable bonds is 8. The highest BCUT2D eigenvalue weighted by atomic mass is 127. The molecule has 0 aromatic heterocycles. The Morgan fingerprint density at radius 1 is 1.07 bits per heavy atom. The second-order valence-corrected chi connectivity index (χ2v) is 9.31. The zero-order valence-electron chi connectivity index (χ0n) is 14.1. The molecular weight excluding hydrogens is 707 g/mol. The highest BCUT2D eigenvalue weighted by molar-refractivity contribution is 14.1. The molecule has 0 aliphatic rings. The van der Waals surface area contributed by atoms with Crippen molar-refractivity contribution in [1.82, 2.24) is 0 Å². The lowest BCUT2D eigenvalue weighted by Gasteiger charge is -2.30. The number of carbonyl (C=O) groups is 3. The minimum absolute atomic E-state index is 0.346. The van der Waals surface area contributed by atoms with Crippen LogP contribution in [0.3, 0.4) is 0 Å². The number of hydrogen-bond donors (Lipinski definition) is 0. The molecule has 0 saturated carbocycles. The van der Waals surface area contributed by atoms with Gasteiger partial charge in [-0.25, -0.2) is 0 Å². The van der Waals surface area contributed by atoms with Crippen molar-refractivity contribution in [3.63, 3.8) is 0 Å². The Kier molecular flexibility index (Phi) is 9.57. The summed E-state index contributed by atoms with van der Waals surface area (Å²) in [6.45, 7) is 2.56. The first-order chi connectivity index (χ1) is 12.4. The third kappa shape index (κ3) is 7.21. The van der Waals surface area contributed by atoms with Gasteiger partial charge in [0.2, 0.25) is 0 Å². The quantitative estimate of drug-likeness (QED) is 0.233. The molecule has 11 heteroatoms. The summed E-state index contributed by atoms with van der Waals surface area (Å²) < 4.78 is 39.4. The van der Waals surface area contributed by atoms with Crippen LogP contribution in [0, 0.1) is 16.6 Å². The summed E-state index contributed by atoms with van der Waals surface area (Å²) in [6, 6.07) is 3.60. The Morgan fingerprint density at radius 2 is 1.56 bits per heavy atom. The van der Waals surface area contributed by atoms with E-state index in [0.29, 0.717) is 12.9 Å². The van der Waals surface area contributed by atoms with E-state index in [1.165, 1.54) is 13.8 Å². The molecule has 0 saturated heterocycles. The molecule has 1 unspecified atom stereocenters. The first kappa shape index (κ1) is 24.7. The first-order valence-corrected chi connectivity index (χ1v) is 10.7. The monoisotopic (exact) mass is 721 g/mol. The van der Waals surface area contributed by atoms with Crippen LogP contribution in [0.1, 0.15) is 26.7 Å². The van der Waals surface area contributed by atoms with Crippen LogP contribution < -0.4 is 9.84 Å². The summed E-state index contributed by atoms with van der Waals surface area (Å²) in [5.74, 6) is -9.45. The van der Waals surface area contributed by atoms with E-state index >= 15 is 0 Å². The minimum atomic E-state index is -4.34. The van der Waals surface area contributed by atoms with Gasteiger partial charge in [0.15, 0.2) is 11.9 Å². The van der Waals surface area contributed by atoms with Crippen molar-refractivity contribution in [3.8, 4) is 5.75 Å². The van der Waals surface area contributed by atoms with Gasteiger partial charge in [-0.2, -0.15) is 8.78 Å². The fourth-order valence-corrected chi connectivity index (χ4v) is 5.74. The summed E-state index contributed by atoms with van der Waals surface area (Å²) in [7, 11) is 0. The molecule has 1 rings (SSSR count). The topological polar surface area (TPSA) is 92.7 Å². The van der Waals surface area contributed by atoms with E-state index < -0.39 is 48.7 Å². The van der Waals surface area contributed by atoms with E-state index in [0.717, 1.165) is 3.57 Å². The van der Waals surface area contributed by atoms with Crippen molar-refractivity contribution in [2.45, 2.75) is 38.7 Å². The summed E-state index contributed by atoms with van der Waals surface area (Å²) in [6.07, 6.45) is -3.12. The molecule has 0 bridgehead atoms. The summed E-state index contributed by atoms with van der Waals surface area (Å²) in [4.78, 5) is 34.3. The molecule has 0 heterocycles. The molecule has 1 atom stereocenters. The van der Waals surface area contributed by atoms with E-state index in [9.17, 15) is 28.3 Å². The van der Waals surface area contributed by atoms with Crippen LogP contribution in [0.25, 0.3) is 0 Å². The van der Waals surface area contributed by atoms with Gasteiger partial charge in [-0.1, -0.05) is 13.8 Å². The molecule has 1 aromatic rings. The number of carboxylic acids is 1. The molecule has 0 amide bonds. The number of halogens is 5. The fraction of sp³-hybridized carbons (Fsp3) is 0.438. The van der Waals surface area contributed by atoms with Gasteiger partial charge in [-0.3, -0.25) is 9.59 Å². The van der Waals surface area contributed by atoms with Gasteiger partial charge in [0.1, 0.15) is 5.97 Å². The zero-order chi connectivity index (χ0) is 20.9. The third-order valence-electron chi connectivity index (χ3n) is 3.21. The van der Waals surface area contributed by atoms with Crippen molar-refractivity contribution in [3.05, 3.63) is 22.8 Å². The molecule has 0 aliphatic carbocycles. The van der Waals surface area contributed by atoms with Crippen molar-refractivity contribution in [2.75, 3.05) is 0 Å². The molecule has 150 valence electrons. The van der Waals surface area contributed by atoms with Crippen molar-refractivity contribution in [1.29, 1.82) is 0 Å². The Balaban J connectivity index is 2.68. The number of aliphatic carboxylic acids is 1. The van der Waals surface area contributed by atoms with Gasteiger partial charge in [-0.05, 0) is 85.8 Å². The lowest BCUT2D eigenvalue weighted by Crippen LogP contribution is -2.53. The maximum absolute atomic E-state index is 13.6. The van der Waals surface area contributed by atoms with Crippen molar-refractivity contribution >= 4 is 85.7 Å². The van der Waals surface area contributed by atoms with Gasteiger partial charge in [-0.15, -0.1) is 0 Å². The van der Waals surface area contributed by atoms with Gasteiger partial charge in [0.05, 0.1) is 20.0 Å². The minimum Gasteiger partial charge on any atom is -0.544 e. The SMILES string of the molecule is CC(C)C(OC(=O)CCC(=O)Oc1c(I)cc(I)cc1I)C(F)(F)C(=O)[O-]. The lowest BCUT2D eigenvalue weighted by molar-refractivity contribution is -0.337. The number of alkyl halides is 2. The standard InChI is InChI=1S/C16H15F2I3O6/c1-7(2)14(16(17,18)15(24)25)27-12(23)4-3-11(22)26-13-9(20)5-8(19)6-10(13)21/h5-7,14H,3-4H2,1-2H3,(H,24,25)/p-1. The van der Waals surface area contributed by atoms with Gasteiger partial charge in [0, 0.05) is 3.57 Å². The Labute approximate surface area is 195 Å². The van der Waals surface area contributed by atoms with Gasteiger partial charge < -0.3 is 19.4 Å². The van der Waals surface area contributed by atoms with E-state index in [1.807, 2.05) is 45.2 Å². The summed E-state index contributed by atoms with van der Waals surface area (Å²) in [5, 5.41) is 10.6. The lowest BCUT2D eigenvalue weighted by atomic mass is 10.0. The molecule has 0 radical (unpaired) electrons. The van der Waals surface area contributed by atoms with Gasteiger partial charge in [0.25, 0.3) is 0 Å². The molecule has 0 fully saturated rings. The highest BCUT2D eigenvalue weighted by Crippen LogP contribution is 2.30. The third-order valence-corrected chi connectivity index (χ3v) is 5.43. The van der Waals surface area contributed by atoms with E-state index in [2.05, 4.69) is 27.3 Å². The maximum Gasteiger partial charge on any atom is 0.323 e. The summed E-state index contributed by atoms with van der Waals surface area (Å²) in [5.41, 5.74) is 0. The highest BCUT2D eigenvalue weighted by Gasteiger charge is 2.46. The van der Waals surface area contributed by atoms with E-state index in [1.54, 1.807) is 12.1 Å². The Hall–Kier alpha value is -0.320. The van der Waals surface area contributed by atoms with Crippen LogP contribution in [0.5, 0.6) is 5.75 Å². The van der Waals surface area contributed by atoms with Gasteiger partial charge >= 0.3 is 17.9 Å². The van der Waals surface area contributed by atoms with E-state index in [-0.39, 0.29) is 0 Å². The number of hydrogen-bond acceptors (Lipinski definition) is 6. The van der Waals surface area contributed by atoms with Crippen LogP contribution in [0.4, 0.5) is 8.78 Å². The number of carboxylic acid groups (broad SMARTS) is 1. The van der Waals surface area contributed by atoms with Crippen LogP contribution in [-0.4, -0.2) is 29.9 Å². The predicted octanol–water partition coefficient (Wildman–Crippen LogP) is 3.14. The molecule has 0 spiro atoms. The molecule has 0 N–H and O–H groups in total. The Morgan fingerprint density at radius 3 is 2.00 bits per heavy atom. The summed E-state index contributed by atoms with van der Waals surface area (Å²) >= 11 is 6.12. The smallest absolute Gasteiger partial charge is 0.323 e. The van der Waals surface area contributed by atoms with Crippen molar-refractivity contribution in [2.24, 2.45) is 5.92 Å². The van der Waals surface area contributed by atoms with Crippen LogP contribution in [-0.2, 0) is 19.1 Å². The molecule has 27 heavy (non-hydrogen) atoms. The van der Waals surface area contributed by atoms with Crippen LogP contribution >= 0.6 is 67.8 Å². The molecule has 6 nitrogen and oxygen atoms in total. The fourth-order valence-electron chi connectivity index (χ4n) is 1.94. The average molecular weight is 721 g/mol. The number of benzene rings is 1. The first-order valence-electron chi connectivity index (χ1n) is 7.50. The second-order valence-electron chi connectivity index (χ2n) is 5.74. The predicted molar refractivity (Wildman–Crippen MR) is 114 cm³/mol. The number of carbonyl (C=O) groups excluding carboxylic acids is 3. The normalized spacial score (nSPS) is 12.6. The molecule has 0 aliphatic heterocycles.